The van der Waals surface area contributed by atoms with Gasteiger partial charge in [0.15, 0.2) is 0 Å². The number of rotatable bonds is 5. The minimum absolute atomic E-state index is 0.141. The van der Waals surface area contributed by atoms with Crippen molar-refractivity contribution < 1.29 is 27.8 Å². The van der Waals surface area contributed by atoms with E-state index in [1.165, 1.54) is 6.92 Å². The van der Waals surface area contributed by atoms with Crippen LogP contribution < -0.4 is 4.72 Å². The molecule has 0 aliphatic heterocycles. The van der Waals surface area contributed by atoms with E-state index in [4.69, 9.17) is 5.11 Å². The molecular weight excluding hydrogens is 277 g/mol. The van der Waals surface area contributed by atoms with Gasteiger partial charge in [0.05, 0.1) is 11.0 Å². The predicted octanol–water partition coefficient (Wildman–Crippen LogP) is 0.246. The zero-order valence-corrected chi connectivity index (χ0v) is 11.1. The van der Waals surface area contributed by atoms with E-state index in [-0.39, 0.29) is 10.5 Å². The molecular formula is C11H14FNO5S. The van der Waals surface area contributed by atoms with E-state index in [0.717, 1.165) is 25.1 Å². The Balaban J connectivity index is 3.14. The molecule has 0 bridgehead atoms. The Morgan fingerprint density at radius 3 is 2.42 bits per heavy atom. The van der Waals surface area contributed by atoms with Gasteiger partial charge >= 0.3 is 5.97 Å². The molecule has 0 aromatic heterocycles. The summed E-state index contributed by atoms with van der Waals surface area (Å²) in [5.74, 6) is -2.10. The lowest BCUT2D eigenvalue weighted by molar-refractivity contribution is -0.141. The molecule has 0 radical (unpaired) electrons. The van der Waals surface area contributed by atoms with Gasteiger partial charge in [-0.15, -0.1) is 0 Å². The summed E-state index contributed by atoms with van der Waals surface area (Å²) in [5.41, 5.74) is 0.141. The fourth-order valence-corrected chi connectivity index (χ4v) is 2.99. The van der Waals surface area contributed by atoms with E-state index in [2.05, 4.69) is 0 Å². The molecule has 106 valence electrons. The van der Waals surface area contributed by atoms with Crippen LogP contribution in [0.4, 0.5) is 4.39 Å². The van der Waals surface area contributed by atoms with Crippen LogP contribution in [0.1, 0.15) is 12.5 Å². The molecule has 0 aliphatic carbocycles. The minimum Gasteiger partial charge on any atom is -0.480 e. The Kier molecular flexibility index (Phi) is 4.61. The number of carboxylic acids is 1. The number of carboxylic acid groups (broad SMARTS) is 1. The van der Waals surface area contributed by atoms with Gasteiger partial charge in [-0.25, -0.2) is 12.8 Å². The quantitative estimate of drug-likeness (QED) is 0.721. The maximum atomic E-state index is 12.9. The monoisotopic (exact) mass is 291 g/mol. The third-order valence-electron chi connectivity index (χ3n) is 2.46. The average Bonchev–Trinajstić information content (AvgIpc) is 2.24. The van der Waals surface area contributed by atoms with Crippen LogP contribution in [-0.2, 0) is 14.8 Å². The number of hydrogen-bond donors (Lipinski definition) is 3. The van der Waals surface area contributed by atoms with Crippen LogP contribution in [-0.4, -0.2) is 36.7 Å². The maximum Gasteiger partial charge on any atom is 0.324 e. The van der Waals surface area contributed by atoms with E-state index < -0.39 is 34.0 Å². The second kappa shape index (κ2) is 5.64. The SMILES string of the molecule is Cc1cc(F)ccc1S(=O)(=O)N[C@H](C(=O)O)[C@@H](C)O. The molecule has 0 heterocycles. The summed E-state index contributed by atoms with van der Waals surface area (Å²) in [6.07, 6.45) is -1.41. The number of halogens is 1. The smallest absolute Gasteiger partial charge is 0.324 e. The van der Waals surface area contributed by atoms with Crippen LogP contribution >= 0.6 is 0 Å². The number of benzene rings is 1. The van der Waals surface area contributed by atoms with Gasteiger partial charge in [0.1, 0.15) is 11.9 Å². The van der Waals surface area contributed by atoms with Crippen molar-refractivity contribution in [2.75, 3.05) is 0 Å². The number of aliphatic hydroxyl groups excluding tert-OH is 1. The van der Waals surface area contributed by atoms with Crippen molar-refractivity contribution in [2.24, 2.45) is 0 Å². The zero-order chi connectivity index (χ0) is 14.8. The molecule has 0 spiro atoms. The number of sulfonamides is 1. The third kappa shape index (κ3) is 3.72. The maximum absolute atomic E-state index is 12.9. The Morgan fingerprint density at radius 1 is 1.42 bits per heavy atom. The minimum atomic E-state index is -4.15. The highest BCUT2D eigenvalue weighted by Crippen LogP contribution is 2.16. The van der Waals surface area contributed by atoms with Crippen molar-refractivity contribution in [3.63, 3.8) is 0 Å². The molecule has 3 N–H and O–H groups in total. The Hall–Kier alpha value is -1.51. The normalized spacial score (nSPS) is 14.9. The lowest BCUT2D eigenvalue weighted by Gasteiger charge is -2.18. The highest BCUT2D eigenvalue weighted by atomic mass is 32.2. The summed E-state index contributed by atoms with van der Waals surface area (Å²) in [4.78, 5) is 10.6. The van der Waals surface area contributed by atoms with Crippen LogP contribution in [0.25, 0.3) is 0 Å². The van der Waals surface area contributed by atoms with E-state index in [0.29, 0.717) is 0 Å². The fraction of sp³-hybridized carbons (Fsp3) is 0.364. The number of hydrogen-bond acceptors (Lipinski definition) is 4. The van der Waals surface area contributed by atoms with Crippen molar-refractivity contribution in [2.45, 2.75) is 30.9 Å². The second-order valence-corrected chi connectivity index (χ2v) is 5.77. The van der Waals surface area contributed by atoms with Gasteiger partial charge in [0.2, 0.25) is 10.0 Å². The van der Waals surface area contributed by atoms with E-state index in [9.17, 15) is 22.7 Å². The molecule has 19 heavy (non-hydrogen) atoms. The van der Waals surface area contributed by atoms with Crippen molar-refractivity contribution in [1.29, 1.82) is 0 Å². The summed E-state index contributed by atoms with van der Waals surface area (Å²) in [7, 11) is -4.15. The predicted molar refractivity (Wildman–Crippen MR) is 64.6 cm³/mol. The lowest BCUT2D eigenvalue weighted by Crippen LogP contribution is -2.47. The third-order valence-corrected chi connectivity index (χ3v) is 4.06. The summed E-state index contributed by atoms with van der Waals surface area (Å²) < 4.78 is 38.7. The van der Waals surface area contributed by atoms with Gasteiger partial charge in [0.25, 0.3) is 0 Å². The molecule has 1 aromatic carbocycles. The molecule has 0 amide bonds. The number of aliphatic carboxylic acids is 1. The summed E-state index contributed by atoms with van der Waals surface area (Å²) in [6, 6.07) is 1.34. The molecule has 0 aliphatic rings. The first-order valence-electron chi connectivity index (χ1n) is 5.34. The topological polar surface area (TPSA) is 104 Å². The van der Waals surface area contributed by atoms with Crippen LogP contribution in [0.15, 0.2) is 23.1 Å². The number of aryl methyl sites for hydroxylation is 1. The molecule has 0 fully saturated rings. The molecule has 6 nitrogen and oxygen atoms in total. The van der Waals surface area contributed by atoms with Crippen LogP contribution in [0.2, 0.25) is 0 Å². The van der Waals surface area contributed by atoms with Gasteiger partial charge in [-0.3, -0.25) is 4.79 Å². The van der Waals surface area contributed by atoms with Crippen molar-refractivity contribution in [3.8, 4) is 0 Å². The molecule has 0 unspecified atom stereocenters. The largest absolute Gasteiger partial charge is 0.480 e. The van der Waals surface area contributed by atoms with Gasteiger partial charge in [-0.2, -0.15) is 4.72 Å². The second-order valence-electron chi connectivity index (χ2n) is 4.09. The van der Waals surface area contributed by atoms with Gasteiger partial charge in [-0.05, 0) is 37.6 Å². The number of nitrogens with one attached hydrogen (secondary N) is 1. The summed E-state index contributed by atoms with van der Waals surface area (Å²) in [5, 5.41) is 18.1. The van der Waals surface area contributed by atoms with Gasteiger partial charge in [-0.1, -0.05) is 0 Å². The molecule has 1 aromatic rings. The van der Waals surface area contributed by atoms with Crippen LogP contribution in [0, 0.1) is 12.7 Å². The first-order chi connectivity index (χ1) is 8.65. The zero-order valence-electron chi connectivity index (χ0n) is 10.3. The Labute approximate surface area is 109 Å². The van der Waals surface area contributed by atoms with Crippen molar-refractivity contribution >= 4 is 16.0 Å². The molecule has 8 heteroatoms. The Morgan fingerprint density at radius 2 is 2.00 bits per heavy atom. The summed E-state index contributed by atoms with van der Waals surface area (Å²) >= 11 is 0. The highest BCUT2D eigenvalue weighted by Gasteiger charge is 2.29. The van der Waals surface area contributed by atoms with Crippen LogP contribution in [0.5, 0.6) is 0 Å². The molecule has 0 saturated heterocycles. The van der Waals surface area contributed by atoms with Crippen molar-refractivity contribution in [1.82, 2.24) is 4.72 Å². The fourth-order valence-electron chi connectivity index (χ4n) is 1.50. The first kappa shape index (κ1) is 15.5. The first-order valence-corrected chi connectivity index (χ1v) is 6.83. The van der Waals surface area contributed by atoms with Crippen molar-refractivity contribution in [3.05, 3.63) is 29.6 Å². The van der Waals surface area contributed by atoms with E-state index in [1.807, 2.05) is 4.72 Å². The lowest BCUT2D eigenvalue weighted by atomic mass is 10.2. The number of carbonyl (C=O) groups is 1. The van der Waals surface area contributed by atoms with E-state index >= 15 is 0 Å². The average molecular weight is 291 g/mol. The molecule has 0 saturated carbocycles. The summed E-state index contributed by atoms with van der Waals surface area (Å²) in [6.45, 7) is 2.54. The highest BCUT2D eigenvalue weighted by molar-refractivity contribution is 7.89. The molecule has 2 atom stereocenters. The van der Waals surface area contributed by atoms with Crippen LogP contribution in [0.3, 0.4) is 0 Å². The Bertz CT molecular complexity index is 585. The van der Waals surface area contributed by atoms with Gasteiger partial charge < -0.3 is 10.2 Å². The standard InChI is InChI=1S/C11H14FNO5S/c1-6-5-8(12)3-4-9(6)19(17,18)13-10(7(2)14)11(15)16/h3-5,7,10,13-14H,1-2H3,(H,15,16)/t7-,10+/m1/s1. The van der Waals surface area contributed by atoms with Gasteiger partial charge in [0, 0.05) is 0 Å². The number of aliphatic hydroxyl groups is 1. The van der Waals surface area contributed by atoms with E-state index in [1.54, 1.807) is 0 Å². The molecule has 1 rings (SSSR count).